The molecular weight excluding hydrogens is 326 g/mol. The molecule has 2 aliphatic heterocycles. The highest BCUT2D eigenvalue weighted by atomic mass is 32.2. The van der Waals surface area contributed by atoms with Crippen LogP contribution >= 0.6 is 0 Å². The van der Waals surface area contributed by atoms with Gasteiger partial charge in [-0.25, -0.2) is 13.1 Å². The van der Waals surface area contributed by atoms with Crippen molar-refractivity contribution >= 4 is 15.9 Å². The Morgan fingerprint density at radius 1 is 1.17 bits per heavy atom. The summed E-state index contributed by atoms with van der Waals surface area (Å²) in [7, 11) is -3.48. The molecule has 132 valence electrons. The first-order valence-corrected chi connectivity index (χ1v) is 10.1. The minimum atomic E-state index is -3.48. The largest absolute Gasteiger partial charge is 0.339 e. The molecular formula is C17H25N3O3S. The number of hydrogen-bond acceptors (Lipinski definition) is 4. The SMILES string of the molecule is CCNS(=O)(=O)c1ccc(C(=O)N2CC[C@@H]3CNC[C@@H]3CC2)cc1. The van der Waals surface area contributed by atoms with Crippen molar-refractivity contribution in [3.05, 3.63) is 29.8 Å². The zero-order valence-electron chi connectivity index (χ0n) is 14.0. The van der Waals surface area contributed by atoms with Gasteiger partial charge in [0.1, 0.15) is 0 Å². The number of nitrogens with zero attached hydrogens (tertiary/aromatic N) is 1. The first kappa shape index (κ1) is 17.4. The summed E-state index contributed by atoms with van der Waals surface area (Å²) in [5.74, 6) is 1.35. The van der Waals surface area contributed by atoms with Gasteiger partial charge in [-0.05, 0) is 62.0 Å². The monoisotopic (exact) mass is 351 g/mol. The lowest BCUT2D eigenvalue weighted by Crippen LogP contribution is -2.32. The quantitative estimate of drug-likeness (QED) is 0.850. The minimum Gasteiger partial charge on any atom is -0.339 e. The van der Waals surface area contributed by atoms with Gasteiger partial charge in [-0.15, -0.1) is 0 Å². The van der Waals surface area contributed by atoms with Gasteiger partial charge in [0.25, 0.3) is 5.91 Å². The van der Waals surface area contributed by atoms with E-state index < -0.39 is 10.0 Å². The second kappa shape index (κ2) is 7.21. The molecule has 6 nitrogen and oxygen atoms in total. The summed E-state index contributed by atoms with van der Waals surface area (Å²) in [6.07, 6.45) is 2.08. The van der Waals surface area contributed by atoms with Crippen molar-refractivity contribution in [2.45, 2.75) is 24.7 Å². The molecule has 2 N–H and O–H groups in total. The lowest BCUT2D eigenvalue weighted by Gasteiger charge is -2.21. The van der Waals surface area contributed by atoms with Gasteiger partial charge in [0.2, 0.25) is 10.0 Å². The highest BCUT2D eigenvalue weighted by Gasteiger charge is 2.31. The molecule has 2 fully saturated rings. The Morgan fingerprint density at radius 3 is 2.29 bits per heavy atom. The Balaban J connectivity index is 1.69. The summed E-state index contributed by atoms with van der Waals surface area (Å²) in [5.41, 5.74) is 0.552. The fraction of sp³-hybridized carbons (Fsp3) is 0.588. The standard InChI is InChI=1S/C17H25N3O3S/c1-2-19-24(22,23)16-5-3-13(4-6-16)17(21)20-9-7-14-11-18-12-15(14)8-10-20/h3-6,14-15,18-19H,2,7-12H2,1H3/t14-,15+. The number of benzene rings is 1. The highest BCUT2D eigenvalue weighted by molar-refractivity contribution is 7.89. The van der Waals surface area contributed by atoms with Gasteiger partial charge in [-0.2, -0.15) is 0 Å². The van der Waals surface area contributed by atoms with Crippen LogP contribution in [0.15, 0.2) is 29.2 Å². The molecule has 7 heteroatoms. The molecule has 2 atom stereocenters. The second-order valence-electron chi connectivity index (χ2n) is 6.57. The van der Waals surface area contributed by atoms with Crippen LogP contribution in [0, 0.1) is 11.8 Å². The van der Waals surface area contributed by atoms with Gasteiger partial charge in [0, 0.05) is 25.2 Å². The molecule has 3 rings (SSSR count). The van der Waals surface area contributed by atoms with E-state index in [9.17, 15) is 13.2 Å². The lowest BCUT2D eigenvalue weighted by atomic mass is 9.92. The molecule has 0 aliphatic carbocycles. The van der Waals surface area contributed by atoms with Crippen LogP contribution < -0.4 is 10.0 Å². The first-order chi connectivity index (χ1) is 11.5. The summed E-state index contributed by atoms with van der Waals surface area (Å²) in [6.45, 7) is 5.75. The van der Waals surface area contributed by atoms with E-state index in [1.807, 2.05) is 4.90 Å². The molecule has 24 heavy (non-hydrogen) atoms. The van der Waals surface area contributed by atoms with Crippen LogP contribution in [0.5, 0.6) is 0 Å². The maximum absolute atomic E-state index is 12.7. The van der Waals surface area contributed by atoms with Crippen LogP contribution in [0.3, 0.4) is 0 Å². The average molecular weight is 351 g/mol. The van der Waals surface area contributed by atoms with Crippen LogP contribution in [-0.4, -0.2) is 51.9 Å². The van der Waals surface area contributed by atoms with Gasteiger partial charge in [-0.3, -0.25) is 4.79 Å². The predicted octanol–water partition coefficient (Wildman–Crippen LogP) is 1.06. The molecule has 0 radical (unpaired) electrons. The van der Waals surface area contributed by atoms with Crippen molar-refractivity contribution in [3.63, 3.8) is 0 Å². The van der Waals surface area contributed by atoms with Crippen molar-refractivity contribution in [2.24, 2.45) is 11.8 Å². The molecule has 2 saturated heterocycles. The van der Waals surface area contributed by atoms with Crippen molar-refractivity contribution in [2.75, 3.05) is 32.7 Å². The van der Waals surface area contributed by atoms with Crippen LogP contribution in [0.25, 0.3) is 0 Å². The van der Waals surface area contributed by atoms with E-state index in [0.29, 0.717) is 23.9 Å². The van der Waals surface area contributed by atoms with Gasteiger partial charge in [0.05, 0.1) is 4.90 Å². The van der Waals surface area contributed by atoms with E-state index in [2.05, 4.69) is 10.0 Å². The number of rotatable bonds is 4. The number of fused-ring (bicyclic) bond motifs is 1. The van der Waals surface area contributed by atoms with E-state index in [-0.39, 0.29) is 10.8 Å². The molecule has 1 aromatic rings. The summed E-state index contributed by atoms with van der Waals surface area (Å²) in [5, 5.41) is 3.43. The van der Waals surface area contributed by atoms with Crippen LogP contribution in [0.1, 0.15) is 30.1 Å². The molecule has 0 unspecified atom stereocenters. The maximum atomic E-state index is 12.7. The summed E-state index contributed by atoms with van der Waals surface area (Å²) >= 11 is 0. The zero-order chi connectivity index (χ0) is 17.2. The smallest absolute Gasteiger partial charge is 0.253 e. The highest BCUT2D eigenvalue weighted by Crippen LogP contribution is 2.27. The van der Waals surface area contributed by atoms with E-state index in [1.54, 1.807) is 19.1 Å². The van der Waals surface area contributed by atoms with Gasteiger partial charge in [0.15, 0.2) is 0 Å². The van der Waals surface area contributed by atoms with Gasteiger partial charge >= 0.3 is 0 Å². The molecule has 1 amide bonds. The van der Waals surface area contributed by atoms with Crippen molar-refractivity contribution < 1.29 is 13.2 Å². The van der Waals surface area contributed by atoms with Crippen LogP contribution in [-0.2, 0) is 10.0 Å². The van der Waals surface area contributed by atoms with Crippen molar-refractivity contribution in [1.82, 2.24) is 14.9 Å². The van der Waals surface area contributed by atoms with Gasteiger partial charge in [-0.1, -0.05) is 6.92 Å². The number of carbonyl (C=O) groups is 1. The van der Waals surface area contributed by atoms with E-state index in [4.69, 9.17) is 0 Å². The minimum absolute atomic E-state index is 0.00432. The predicted molar refractivity (Wildman–Crippen MR) is 92.3 cm³/mol. The summed E-state index contributed by atoms with van der Waals surface area (Å²) in [4.78, 5) is 14.8. The number of carbonyl (C=O) groups excluding carboxylic acids is 1. The molecule has 2 aliphatic rings. The van der Waals surface area contributed by atoms with Crippen molar-refractivity contribution in [1.29, 1.82) is 0 Å². The summed E-state index contributed by atoms with van der Waals surface area (Å²) < 4.78 is 26.4. The summed E-state index contributed by atoms with van der Waals surface area (Å²) in [6, 6.07) is 6.23. The Morgan fingerprint density at radius 2 is 1.75 bits per heavy atom. The molecule has 0 aromatic heterocycles. The number of likely N-dealkylation sites (tertiary alicyclic amines) is 1. The third-order valence-electron chi connectivity index (χ3n) is 5.05. The number of nitrogens with one attached hydrogen (secondary N) is 2. The molecule has 1 aromatic carbocycles. The van der Waals surface area contributed by atoms with Crippen LogP contribution in [0.2, 0.25) is 0 Å². The fourth-order valence-corrected chi connectivity index (χ4v) is 4.69. The average Bonchev–Trinajstić information content (AvgIpc) is 2.93. The zero-order valence-corrected chi connectivity index (χ0v) is 14.8. The molecule has 0 saturated carbocycles. The van der Waals surface area contributed by atoms with E-state index >= 15 is 0 Å². The number of hydrogen-bond donors (Lipinski definition) is 2. The lowest BCUT2D eigenvalue weighted by molar-refractivity contribution is 0.0758. The first-order valence-electron chi connectivity index (χ1n) is 8.61. The molecule has 0 bridgehead atoms. The Bertz CT molecular complexity index is 674. The topological polar surface area (TPSA) is 78.5 Å². The Kier molecular flexibility index (Phi) is 5.22. The number of amides is 1. The Hall–Kier alpha value is -1.44. The van der Waals surface area contributed by atoms with E-state index in [1.165, 1.54) is 12.1 Å². The van der Waals surface area contributed by atoms with Crippen molar-refractivity contribution in [3.8, 4) is 0 Å². The van der Waals surface area contributed by atoms with Gasteiger partial charge < -0.3 is 10.2 Å². The molecule has 0 spiro atoms. The fourth-order valence-electron chi connectivity index (χ4n) is 3.65. The Labute approximate surface area is 143 Å². The number of sulfonamides is 1. The second-order valence-corrected chi connectivity index (χ2v) is 8.34. The van der Waals surface area contributed by atoms with Crippen LogP contribution in [0.4, 0.5) is 0 Å². The van der Waals surface area contributed by atoms with E-state index in [0.717, 1.165) is 39.0 Å². The third kappa shape index (κ3) is 3.63. The normalized spacial score (nSPS) is 24.5. The maximum Gasteiger partial charge on any atom is 0.253 e. The third-order valence-corrected chi connectivity index (χ3v) is 6.61. The molecule has 2 heterocycles.